The molecule has 6 nitrogen and oxygen atoms in total. The van der Waals surface area contributed by atoms with Gasteiger partial charge in [0.2, 0.25) is 10.0 Å². The van der Waals surface area contributed by atoms with Crippen LogP contribution in [0.1, 0.15) is 19.4 Å². The quantitative estimate of drug-likeness (QED) is 0.790. The number of likely N-dealkylation sites (N-methyl/N-ethyl adjacent to an activating group) is 1. The van der Waals surface area contributed by atoms with Crippen molar-refractivity contribution in [1.29, 1.82) is 0 Å². The minimum atomic E-state index is -3.53. The van der Waals surface area contributed by atoms with Crippen LogP contribution in [0.15, 0.2) is 23.1 Å². The number of sulfonamides is 1. The fourth-order valence-electron chi connectivity index (χ4n) is 3.24. The summed E-state index contributed by atoms with van der Waals surface area (Å²) >= 11 is 0. The normalized spacial score (nSPS) is 18.5. The summed E-state index contributed by atoms with van der Waals surface area (Å²) in [5, 5.41) is 0. The van der Waals surface area contributed by atoms with E-state index in [4.69, 9.17) is 4.74 Å². The second kappa shape index (κ2) is 8.49. The molecule has 1 N–H and O–H groups in total. The summed E-state index contributed by atoms with van der Waals surface area (Å²) < 4.78 is 33.3. The Morgan fingerprint density at radius 1 is 1.20 bits per heavy atom. The molecule has 0 saturated carbocycles. The highest BCUT2D eigenvalue weighted by Gasteiger charge is 2.27. The third kappa shape index (κ3) is 5.17. The minimum Gasteiger partial charge on any atom is -0.496 e. The largest absolute Gasteiger partial charge is 0.496 e. The van der Waals surface area contributed by atoms with Crippen molar-refractivity contribution in [2.24, 2.45) is 5.92 Å². The van der Waals surface area contributed by atoms with Crippen LogP contribution in [-0.2, 0) is 10.0 Å². The Morgan fingerprint density at radius 2 is 1.84 bits per heavy atom. The molecule has 0 amide bonds. The van der Waals surface area contributed by atoms with Crippen LogP contribution in [-0.4, -0.2) is 71.1 Å². The molecule has 2 rings (SSSR count). The van der Waals surface area contributed by atoms with Crippen molar-refractivity contribution < 1.29 is 13.2 Å². The van der Waals surface area contributed by atoms with Gasteiger partial charge in [-0.2, -0.15) is 0 Å². The van der Waals surface area contributed by atoms with Gasteiger partial charge in [0, 0.05) is 38.8 Å². The van der Waals surface area contributed by atoms with E-state index in [1.165, 1.54) is 0 Å². The van der Waals surface area contributed by atoms with Crippen molar-refractivity contribution in [1.82, 2.24) is 14.5 Å². The van der Waals surface area contributed by atoms with Crippen molar-refractivity contribution in [3.05, 3.63) is 23.8 Å². The van der Waals surface area contributed by atoms with E-state index in [0.717, 1.165) is 31.7 Å². The van der Waals surface area contributed by atoms with E-state index in [9.17, 15) is 8.42 Å². The fraction of sp³-hybridized carbons (Fsp3) is 0.667. The third-order valence-corrected chi connectivity index (χ3v) is 6.36. The molecule has 0 radical (unpaired) electrons. The lowest BCUT2D eigenvalue weighted by Crippen LogP contribution is -2.54. The molecule has 1 fully saturated rings. The minimum absolute atomic E-state index is 0.197. The van der Waals surface area contributed by atoms with Crippen molar-refractivity contribution in [3.63, 3.8) is 0 Å². The van der Waals surface area contributed by atoms with Crippen LogP contribution in [0, 0.1) is 12.8 Å². The summed E-state index contributed by atoms with van der Waals surface area (Å²) in [4.78, 5) is 4.98. The Morgan fingerprint density at radius 3 is 2.36 bits per heavy atom. The number of ether oxygens (including phenoxy) is 1. The molecule has 1 unspecified atom stereocenters. The second-order valence-corrected chi connectivity index (χ2v) is 8.90. The smallest absolute Gasteiger partial charge is 0.240 e. The predicted octanol–water partition coefficient (Wildman–Crippen LogP) is 1.55. The number of rotatable bonds is 7. The number of methoxy groups -OCH3 is 1. The fourth-order valence-corrected chi connectivity index (χ4v) is 4.37. The van der Waals surface area contributed by atoms with Gasteiger partial charge in [-0.15, -0.1) is 0 Å². The molecule has 0 aromatic heterocycles. The first-order valence-corrected chi connectivity index (χ1v) is 10.3. The van der Waals surface area contributed by atoms with Crippen LogP contribution in [0.25, 0.3) is 0 Å². The highest BCUT2D eigenvalue weighted by molar-refractivity contribution is 7.89. The highest BCUT2D eigenvalue weighted by atomic mass is 32.2. The number of aryl methyl sites for hydroxylation is 1. The van der Waals surface area contributed by atoms with Gasteiger partial charge in [-0.1, -0.05) is 13.8 Å². The van der Waals surface area contributed by atoms with Gasteiger partial charge in [0.05, 0.1) is 12.0 Å². The number of benzene rings is 1. The average Bonchev–Trinajstić information content (AvgIpc) is 2.56. The predicted molar refractivity (Wildman–Crippen MR) is 101 cm³/mol. The third-order valence-electron chi connectivity index (χ3n) is 4.94. The molecule has 1 saturated heterocycles. The Hall–Kier alpha value is -1.15. The molecule has 0 spiro atoms. The van der Waals surface area contributed by atoms with Gasteiger partial charge >= 0.3 is 0 Å². The summed E-state index contributed by atoms with van der Waals surface area (Å²) in [6.45, 7) is 10.6. The maximum atomic E-state index is 12.7. The zero-order valence-electron chi connectivity index (χ0n) is 15.9. The van der Waals surface area contributed by atoms with Crippen molar-refractivity contribution in [2.75, 3.05) is 46.9 Å². The lowest BCUT2D eigenvalue weighted by atomic mass is 10.0. The molecular weight excluding hydrogens is 338 g/mol. The van der Waals surface area contributed by atoms with Gasteiger partial charge < -0.3 is 9.64 Å². The lowest BCUT2D eigenvalue weighted by molar-refractivity contribution is 0.0905. The first-order valence-electron chi connectivity index (χ1n) is 8.81. The Balaban J connectivity index is 2.07. The van der Waals surface area contributed by atoms with Gasteiger partial charge in [-0.25, -0.2) is 13.1 Å². The lowest BCUT2D eigenvalue weighted by Gasteiger charge is -2.39. The molecule has 1 heterocycles. The Labute approximate surface area is 152 Å². The summed E-state index contributed by atoms with van der Waals surface area (Å²) in [5.74, 6) is 1.07. The second-order valence-electron chi connectivity index (χ2n) is 7.13. The number of hydrogen-bond donors (Lipinski definition) is 1. The van der Waals surface area contributed by atoms with Crippen LogP contribution >= 0.6 is 0 Å². The van der Waals surface area contributed by atoms with Gasteiger partial charge in [0.25, 0.3) is 0 Å². The SMILES string of the molecule is COc1ccc(S(=O)(=O)NCC(C(C)C)N2CCN(C)CC2)cc1C. The summed E-state index contributed by atoms with van der Waals surface area (Å²) in [6.07, 6.45) is 0. The molecule has 0 bridgehead atoms. The van der Waals surface area contributed by atoms with Crippen LogP contribution in [0.3, 0.4) is 0 Å². The van der Waals surface area contributed by atoms with E-state index in [1.54, 1.807) is 25.3 Å². The first-order chi connectivity index (χ1) is 11.7. The number of nitrogens with one attached hydrogen (secondary N) is 1. The van der Waals surface area contributed by atoms with Crippen LogP contribution in [0.2, 0.25) is 0 Å². The topological polar surface area (TPSA) is 61.9 Å². The molecular formula is C18H31N3O3S. The van der Waals surface area contributed by atoms with E-state index in [2.05, 4.69) is 35.4 Å². The highest BCUT2D eigenvalue weighted by Crippen LogP contribution is 2.21. The van der Waals surface area contributed by atoms with E-state index >= 15 is 0 Å². The summed E-state index contributed by atoms with van der Waals surface area (Å²) in [5.41, 5.74) is 0.810. The first kappa shape index (κ1) is 20.2. The molecule has 1 aromatic carbocycles. The monoisotopic (exact) mass is 369 g/mol. The molecule has 1 aromatic rings. The molecule has 0 aliphatic carbocycles. The Kier molecular flexibility index (Phi) is 6.85. The van der Waals surface area contributed by atoms with Gasteiger partial charge in [0.1, 0.15) is 5.75 Å². The number of nitrogens with zero attached hydrogens (tertiary/aromatic N) is 2. The molecule has 1 aliphatic heterocycles. The molecule has 1 atom stereocenters. The van der Waals surface area contributed by atoms with E-state index < -0.39 is 10.0 Å². The van der Waals surface area contributed by atoms with Crippen LogP contribution in [0.4, 0.5) is 0 Å². The van der Waals surface area contributed by atoms with Gasteiger partial charge in [0.15, 0.2) is 0 Å². The molecule has 142 valence electrons. The molecule has 7 heteroatoms. The summed E-state index contributed by atoms with van der Waals surface area (Å²) in [7, 11) is 0.174. The number of hydrogen-bond acceptors (Lipinski definition) is 5. The standard InChI is InChI=1S/C18H31N3O3S/c1-14(2)17(21-10-8-20(4)9-11-21)13-19-25(22,23)16-6-7-18(24-5)15(3)12-16/h6-7,12,14,17,19H,8-11,13H2,1-5H3. The van der Waals surface area contributed by atoms with Crippen molar-refractivity contribution >= 4 is 10.0 Å². The summed E-state index contributed by atoms with van der Waals surface area (Å²) in [6, 6.07) is 5.14. The van der Waals surface area contributed by atoms with Gasteiger partial charge in [-0.3, -0.25) is 4.90 Å². The van der Waals surface area contributed by atoms with Crippen molar-refractivity contribution in [2.45, 2.75) is 31.7 Å². The van der Waals surface area contributed by atoms with Crippen LogP contribution < -0.4 is 9.46 Å². The number of piperazine rings is 1. The Bertz CT molecular complexity index is 668. The van der Waals surface area contributed by atoms with Gasteiger partial charge in [-0.05, 0) is 43.7 Å². The van der Waals surface area contributed by atoms with E-state index in [-0.39, 0.29) is 10.9 Å². The van der Waals surface area contributed by atoms with E-state index in [0.29, 0.717) is 18.2 Å². The van der Waals surface area contributed by atoms with Crippen molar-refractivity contribution in [3.8, 4) is 5.75 Å². The van der Waals surface area contributed by atoms with E-state index in [1.807, 2.05) is 6.92 Å². The average molecular weight is 370 g/mol. The molecule has 1 aliphatic rings. The maximum Gasteiger partial charge on any atom is 0.240 e. The zero-order valence-corrected chi connectivity index (χ0v) is 16.8. The zero-order chi connectivity index (χ0) is 18.6. The van der Waals surface area contributed by atoms with Crippen LogP contribution in [0.5, 0.6) is 5.75 Å². The maximum absolute atomic E-state index is 12.7. The molecule has 25 heavy (non-hydrogen) atoms.